The molecule has 0 amide bonds. The van der Waals surface area contributed by atoms with Crippen molar-refractivity contribution in [2.75, 3.05) is 5.32 Å². The van der Waals surface area contributed by atoms with Crippen molar-refractivity contribution >= 4 is 21.7 Å². The molecule has 0 unspecified atom stereocenters. The molecule has 0 aliphatic rings. The highest BCUT2D eigenvalue weighted by Crippen LogP contribution is 2.23. The van der Waals surface area contributed by atoms with Crippen molar-refractivity contribution in [3.8, 4) is 0 Å². The first-order chi connectivity index (χ1) is 8.16. The largest absolute Gasteiger partial charge is 0.365 e. The number of aromatic nitrogens is 1. The molecule has 1 N–H and O–H groups in total. The van der Waals surface area contributed by atoms with Gasteiger partial charge in [0.2, 0.25) is 0 Å². The zero-order chi connectivity index (χ0) is 12.3. The van der Waals surface area contributed by atoms with Gasteiger partial charge in [0.05, 0.1) is 4.47 Å². The topological polar surface area (TPSA) is 24.9 Å². The molecule has 3 heteroatoms. The van der Waals surface area contributed by atoms with Gasteiger partial charge in [-0.3, -0.25) is 0 Å². The zero-order valence-corrected chi connectivity index (χ0v) is 11.6. The third-order valence-electron chi connectivity index (χ3n) is 2.62. The van der Waals surface area contributed by atoms with Gasteiger partial charge in [-0.1, -0.05) is 29.8 Å². The van der Waals surface area contributed by atoms with Crippen molar-refractivity contribution in [3.63, 3.8) is 0 Å². The van der Waals surface area contributed by atoms with Gasteiger partial charge < -0.3 is 5.32 Å². The number of hydrogen-bond acceptors (Lipinski definition) is 2. The quantitative estimate of drug-likeness (QED) is 0.922. The molecule has 0 bridgehead atoms. The SMILES string of the molecule is Cc1cccc(CNc2nccc(C)c2Br)c1. The molecular formula is C14H15BrN2. The molecule has 2 rings (SSSR count). The lowest BCUT2D eigenvalue weighted by Gasteiger charge is -2.09. The number of aryl methyl sites for hydroxylation is 2. The summed E-state index contributed by atoms with van der Waals surface area (Å²) in [6, 6.07) is 10.5. The summed E-state index contributed by atoms with van der Waals surface area (Å²) in [6.07, 6.45) is 1.82. The van der Waals surface area contributed by atoms with Crippen LogP contribution in [0.15, 0.2) is 41.0 Å². The van der Waals surface area contributed by atoms with Crippen LogP contribution in [0.4, 0.5) is 5.82 Å². The van der Waals surface area contributed by atoms with E-state index >= 15 is 0 Å². The molecule has 0 saturated heterocycles. The third kappa shape index (κ3) is 3.07. The minimum atomic E-state index is 0.788. The van der Waals surface area contributed by atoms with Gasteiger partial charge in [-0.2, -0.15) is 0 Å². The highest BCUT2D eigenvalue weighted by atomic mass is 79.9. The van der Waals surface area contributed by atoms with E-state index in [9.17, 15) is 0 Å². The van der Waals surface area contributed by atoms with Crippen LogP contribution in [0.25, 0.3) is 0 Å². The summed E-state index contributed by atoms with van der Waals surface area (Å²) in [7, 11) is 0. The molecule has 17 heavy (non-hydrogen) atoms. The summed E-state index contributed by atoms with van der Waals surface area (Å²) in [4.78, 5) is 4.32. The summed E-state index contributed by atoms with van der Waals surface area (Å²) < 4.78 is 1.03. The summed E-state index contributed by atoms with van der Waals surface area (Å²) in [5, 5.41) is 3.34. The van der Waals surface area contributed by atoms with Crippen LogP contribution in [-0.2, 0) is 6.54 Å². The van der Waals surface area contributed by atoms with Crippen LogP contribution in [0, 0.1) is 13.8 Å². The molecule has 0 aliphatic carbocycles. The third-order valence-corrected chi connectivity index (χ3v) is 3.63. The summed E-state index contributed by atoms with van der Waals surface area (Å²) >= 11 is 3.54. The Morgan fingerprint density at radius 1 is 1.24 bits per heavy atom. The van der Waals surface area contributed by atoms with Gasteiger partial charge in [0, 0.05) is 12.7 Å². The average molecular weight is 291 g/mol. The molecule has 2 aromatic rings. The second kappa shape index (κ2) is 5.32. The number of halogens is 1. The predicted molar refractivity (Wildman–Crippen MR) is 75.2 cm³/mol. The fourth-order valence-electron chi connectivity index (χ4n) is 1.67. The number of rotatable bonds is 3. The number of nitrogens with zero attached hydrogens (tertiary/aromatic N) is 1. The van der Waals surface area contributed by atoms with Gasteiger partial charge in [0.25, 0.3) is 0 Å². The Kier molecular flexibility index (Phi) is 3.79. The number of benzene rings is 1. The lowest BCUT2D eigenvalue weighted by atomic mass is 10.1. The van der Waals surface area contributed by atoms with Crippen LogP contribution in [0.3, 0.4) is 0 Å². The van der Waals surface area contributed by atoms with Gasteiger partial charge >= 0.3 is 0 Å². The molecule has 0 saturated carbocycles. The van der Waals surface area contributed by atoms with E-state index in [1.807, 2.05) is 12.3 Å². The normalized spacial score (nSPS) is 10.3. The molecular weight excluding hydrogens is 276 g/mol. The van der Waals surface area contributed by atoms with E-state index in [0.717, 1.165) is 16.8 Å². The first-order valence-electron chi connectivity index (χ1n) is 5.57. The molecule has 2 nitrogen and oxygen atoms in total. The van der Waals surface area contributed by atoms with Crippen LogP contribution in [0.5, 0.6) is 0 Å². The average Bonchev–Trinajstić information content (AvgIpc) is 2.31. The summed E-state index contributed by atoms with van der Waals surface area (Å²) in [6.45, 7) is 4.95. The second-order valence-corrected chi connectivity index (χ2v) is 4.93. The monoisotopic (exact) mass is 290 g/mol. The Morgan fingerprint density at radius 2 is 2.06 bits per heavy atom. The fraction of sp³-hybridized carbons (Fsp3) is 0.214. The maximum atomic E-state index is 4.32. The number of nitrogens with one attached hydrogen (secondary N) is 1. The van der Waals surface area contributed by atoms with Crippen LogP contribution < -0.4 is 5.32 Å². The summed E-state index contributed by atoms with van der Waals surface area (Å²) in [5.74, 6) is 0.895. The van der Waals surface area contributed by atoms with Gasteiger partial charge in [-0.25, -0.2) is 4.98 Å². The molecule has 0 fully saturated rings. The smallest absolute Gasteiger partial charge is 0.140 e. The standard InChI is InChI=1S/C14H15BrN2/c1-10-4-3-5-12(8-10)9-17-14-13(15)11(2)6-7-16-14/h3-8H,9H2,1-2H3,(H,16,17). The van der Waals surface area contributed by atoms with Crippen molar-refractivity contribution in [1.29, 1.82) is 0 Å². The van der Waals surface area contributed by atoms with Crippen molar-refractivity contribution in [2.45, 2.75) is 20.4 Å². The van der Waals surface area contributed by atoms with E-state index in [1.165, 1.54) is 16.7 Å². The highest BCUT2D eigenvalue weighted by Gasteiger charge is 2.03. The van der Waals surface area contributed by atoms with E-state index in [1.54, 1.807) is 0 Å². The Hall–Kier alpha value is -1.35. The van der Waals surface area contributed by atoms with Gasteiger partial charge in [-0.05, 0) is 47.0 Å². The molecule has 0 spiro atoms. The first-order valence-corrected chi connectivity index (χ1v) is 6.36. The van der Waals surface area contributed by atoms with E-state index in [-0.39, 0.29) is 0 Å². The highest BCUT2D eigenvalue weighted by molar-refractivity contribution is 9.10. The molecule has 0 aliphatic heterocycles. The van der Waals surface area contributed by atoms with Crippen molar-refractivity contribution in [1.82, 2.24) is 4.98 Å². The van der Waals surface area contributed by atoms with E-state index in [4.69, 9.17) is 0 Å². The lowest BCUT2D eigenvalue weighted by molar-refractivity contribution is 1.09. The number of anilines is 1. The molecule has 0 atom stereocenters. The Bertz CT molecular complexity index is 523. The van der Waals surface area contributed by atoms with E-state index in [2.05, 4.69) is 64.3 Å². The van der Waals surface area contributed by atoms with Crippen molar-refractivity contribution < 1.29 is 0 Å². The van der Waals surface area contributed by atoms with Crippen molar-refractivity contribution in [3.05, 3.63) is 57.7 Å². The van der Waals surface area contributed by atoms with Crippen LogP contribution in [0.2, 0.25) is 0 Å². The second-order valence-electron chi connectivity index (χ2n) is 4.13. The van der Waals surface area contributed by atoms with Crippen molar-refractivity contribution in [2.24, 2.45) is 0 Å². The zero-order valence-electron chi connectivity index (χ0n) is 10.00. The van der Waals surface area contributed by atoms with E-state index in [0.29, 0.717) is 0 Å². The van der Waals surface area contributed by atoms with Crippen LogP contribution in [-0.4, -0.2) is 4.98 Å². The van der Waals surface area contributed by atoms with Crippen LogP contribution >= 0.6 is 15.9 Å². The molecule has 1 heterocycles. The Labute approximate surface area is 110 Å². The predicted octanol–water partition coefficient (Wildman–Crippen LogP) is 4.07. The molecule has 1 aromatic heterocycles. The minimum Gasteiger partial charge on any atom is -0.365 e. The molecule has 0 radical (unpaired) electrons. The minimum absolute atomic E-state index is 0.788. The van der Waals surface area contributed by atoms with E-state index < -0.39 is 0 Å². The van der Waals surface area contributed by atoms with Gasteiger partial charge in [0.15, 0.2) is 0 Å². The first kappa shape index (κ1) is 12.1. The Morgan fingerprint density at radius 3 is 2.82 bits per heavy atom. The van der Waals surface area contributed by atoms with Crippen LogP contribution in [0.1, 0.15) is 16.7 Å². The maximum absolute atomic E-state index is 4.32. The molecule has 1 aromatic carbocycles. The summed E-state index contributed by atoms with van der Waals surface area (Å²) in [5.41, 5.74) is 3.73. The van der Waals surface area contributed by atoms with Gasteiger partial charge in [0.1, 0.15) is 5.82 Å². The van der Waals surface area contributed by atoms with Gasteiger partial charge in [-0.15, -0.1) is 0 Å². The Balaban J connectivity index is 2.10. The maximum Gasteiger partial charge on any atom is 0.140 e. The fourth-order valence-corrected chi connectivity index (χ4v) is 2.05. The lowest BCUT2D eigenvalue weighted by Crippen LogP contribution is -2.02. The number of pyridine rings is 1. The molecule has 88 valence electrons. The number of hydrogen-bond donors (Lipinski definition) is 1.